The molecule has 2 rings (SSSR count). The zero-order valence-electron chi connectivity index (χ0n) is 9.34. The van der Waals surface area contributed by atoms with Crippen LogP contribution in [0, 0.1) is 10.1 Å². The lowest BCUT2D eigenvalue weighted by molar-refractivity contribution is -0.380. The highest BCUT2D eigenvalue weighted by molar-refractivity contribution is 7.16. The summed E-state index contributed by atoms with van der Waals surface area (Å²) in [5, 5.41) is 10.8. The maximum Gasteiger partial charge on any atom is 0.324 e. The zero-order chi connectivity index (χ0) is 11.7. The summed E-state index contributed by atoms with van der Waals surface area (Å²) in [5.41, 5.74) is 1.27. The second-order valence-corrected chi connectivity index (χ2v) is 5.16. The molecule has 0 amide bonds. The van der Waals surface area contributed by atoms with Crippen molar-refractivity contribution in [1.29, 1.82) is 0 Å². The van der Waals surface area contributed by atoms with E-state index in [1.807, 2.05) is 6.07 Å². The number of nitro groups is 1. The summed E-state index contributed by atoms with van der Waals surface area (Å²) in [6.45, 7) is 2.19. The Bertz CT molecular complexity index is 439. The third-order valence-electron chi connectivity index (χ3n) is 3.03. The van der Waals surface area contributed by atoms with Crippen LogP contribution >= 0.6 is 11.3 Å². The lowest BCUT2D eigenvalue weighted by Gasteiger charge is -2.18. The van der Waals surface area contributed by atoms with Crippen LogP contribution in [0.25, 0.3) is 6.08 Å². The molecule has 1 aliphatic heterocycles. The van der Waals surface area contributed by atoms with E-state index in [2.05, 4.69) is 24.9 Å². The van der Waals surface area contributed by atoms with E-state index in [-0.39, 0.29) is 9.92 Å². The minimum Gasteiger partial charge on any atom is -0.375 e. The largest absolute Gasteiger partial charge is 0.375 e. The highest BCUT2D eigenvalue weighted by Crippen LogP contribution is 2.31. The lowest BCUT2D eigenvalue weighted by atomic mass is 10.2. The van der Waals surface area contributed by atoms with Gasteiger partial charge in [0.2, 0.25) is 0 Å². The van der Waals surface area contributed by atoms with Crippen LogP contribution < -0.4 is 0 Å². The summed E-state index contributed by atoms with van der Waals surface area (Å²) >= 11 is 1.23. The Balaban J connectivity index is 2.19. The molecule has 0 N–H and O–H groups in total. The molecule has 0 spiro atoms. The topological polar surface area (TPSA) is 46.4 Å². The first-order valence-electron chi connectivity index (χ1n) is 5.25. The average molecular weight is 238 g/mol. The number of likely N-dealkylation sites (tertiary alicyclic amines) is 1. The minimum atomic E-state index is -0.340. The van der Waals surface area contributed by atoms with Crippen molar-refractivity contribution in [2.75, 3.05) is 7.05 Å². The first kappa shape index (κ1) is 11.1. The summed E-state index contributed by atoms with van der Waals surface area (Å²) in [7, 11) is 2.07. The van der Waals surface area contributed by atoms with Gasteiger partial charge in [-0.05, 0) is 31.9 Å². The second-order valence-electron chi connectivity index (χ2n) is 4.07. The monoisotopic (exact) mass is 238 g/mol. The molecule has 1 aromatic heterocycles. The van der Waals surface area contributed by atoms with Gasteiger partial charge in [-0.3, -0.25) is 10.1 Å². The van der Waals surface area contributed by atoms with Gasteiger partial charge in [-0.1, -0.05) is 11.3 Å². The number of hydrogen-bond acceptors (Lipinski definition) is 4. The Hall–Kier alpha value is -1.36. The van der Waals surface area contributed by atoms with Gasteiger partial charge in [0.05, 0.1) is 4.92 Å². The van der Waals surface area contributed by atoms with Gasteiger partial charge in [-0.15, -0.1) is 0 Å². The van der Waals surface area contributed by atoms with E-state index in [0.29, 0.717) is 6.04 Å². The fraction of sp³-hybridized carbons (Fsp3) is 0.455. The maximum absolute atomic E-state index is 10.6. The Morgan fingerprint density at radius 1 is 1.62 bits per heavy atom. The molecule has 2 heterocycles. The van der Waals surface area contributed by atoms with E-state index >= 15 is 0 Å². The van der Waals surface area contributed by atoms with Crippen molar-refractivity contribution in [2.45, 2.75) is 25.8 Å². The van der Waals surface area contributed by atoms with E-state index in [4.69, 9.17) is 0 Å². The number of thiophene rings is 1. The lowest BCUT2D eigenvalue weighted by Crippen LogP contribution is -2.19. The Morgan fingerprint density at radius 3 is 2.88 bits per heavy atom. The smallest absolute Gasteiger partial charge is 0.324 e. The first-order chi connectivity index (χ1) is 7.58. The van der Waals surface area contributed by atoms with Gasteiger partial charge in [-0.2, -0.15) is 0 Å². The third kappa shape index (κ3) is 2.09. The summed E-state index contributed by atoms with van der Waals surface area (Å²) in [6, 6.07) is 3.95. The number of hydrogen-bond donors (Lipinski definition) is 0. The SMILES string of the molecule is C[C@H]1CC/C(=C\c2ccc([N+](=O)[O-])s2)N1C. The van der Waals surface area contributed by atoms with Crippen LogP contribution in [0.4, 0.5) is 5.00 Å². The number of rotatable bonds is 2. The molecule has 5 heteroatoms. The van der Waals surface area contributed by atoms with E-state index in [1.54, 1.807) is 6.07 Å². The number of allylic oxidation sites excluding steroid dienone is 1. The van der Waals surface area contributed by atoms with Crippen molar-refractivity contribution in [3.8, 4) is 0 Å². The molecule has 0 unspecified atom stereocenters. The predicted molar refractivity (Wildman–Crippen MR) is 65.4 cm³/mol. The quantitative estimate of drug-likeness (QED) is 0.587. The van der Waals surface area contributed by atoms with Crippen molar-refractivity contribution in [2.24, 2.45) is 0 Å². The van der Waals surface area contributed by atoms with Crippen LogP contribution in [-0.4, -0.2) is 22.9 Å². The predicted octanol–water partition coefficient (Wildman–Crippen LogP) is 3.11. The van der Waals surface area contributed by atoms with E-state index in [0.717, 1.165) is 17.7 Å². The van der Waals surface area contributed by atoms with Crippen LogP contribution in [0.15, 0.2) is 17.8 Å². The maximum atomic E-state index is 10.6. The zero-order valence-corrected chi connectivity index (χ0v) is 10.2. The van der Waals surface area contributed by atoms with Gasteiger partial charge in [-0.25, -0.2) is 0 Å². The molecule has 4 nitrogen and oxygen atoms in total. The van der Waals surface area contributed by atoms with Gasteiger partial charge in [0.1, 0.15) is 0 Å². The Morgan fingerprint density at radius 2 is 2.38 bits per heavy atom. The van der Waals surface area contributed by atoms with Gasteiger partial charge < -0.3 is 4.90 Å². The van der Waals surface area contributed by atoms with Gasteiger partial charge >= 0.3 is 5.00 Å². The van der Waals surface area contributed by atoms with Crippen molar-refractivity contribution >= 4 is 22.4 Å². The van der Waals surface area contributed by atoms with Crippen molar-refractivity contribution in [1.82, 2.24) is 4.90 Å². The Labute approximate surface area is 98.3 Å². The van der Waals surface area contributed by atoms with Crippen LogP contribution in [0.1, 0.15) is 24.6 Å². The van der Waals surface area contributed by atoms with Crippen LogP contribution in [-0.2, 0) is 0 Å². The van der Waals surface area contributed by atoms with Crippen molar-refractivity contribution in [3.63, 3.8) is 0 Å². The summed E-state index contributed by atoms with van der Waals surface area (Å²) < 4.78 is 0. The third-order valence-corrected chi connectivity index (χ3v) is 4.02. The molecular weight excluding hydrogens is 224 g/mol. The molecular formula is C11H14N2O2S. The van der Waals surface area contributed by atoms with E-state index in [9.17, 15) is 10.1 Å². The highest BCUT2D eigenvalue weighted by Gasteiger charge is 2.20. The Kier molecular flexibility index (Phi) is 2.96. The standard InChI is InChI=1S/C11H14N2O2S/c1-8-3-4-9(12(8)2)7-10-5-6-11(16-10)13(14)15/h5-8H,3-4H2,1-2H3/b9-7+/t8-/m0/s1. The molecule has 0 aliphatic carbocycles. The highest BCUT2D eigenvalue weighted by atomic mass is 32.1. The molecule has 0 radical (unpaired) electrons. The molecule has 0 saturated carbocycles. The molecule has 0 bridgehead atoms. The fourth-order valence-electron chi connectivity index (χ4n) is 1.87. The van der Waals surface area contributed by atoms with Gasteiger partial charge in [0.15, 0.2) is 0 Å². The first-order valence-corrected chi connectivity index (χ1v) is 6.07. The normalized spacial score (nSPS) is 23.0. The van der Waals surface area contributed by atoms with Crippen molar-refractivity contribution in [3.05, 3.63) is 32.8 Å². The van der Waals surface area contributed by atoms with Crippen LogP contribution in [0.3, 0.4) is 0 Å². The second kappa shape index (κ2) is 4.25. The fourth-order valence-corrected chi connectivity index (χ4v) is 2.65. The molecule has 86 valence electrons. The summed E-state index contributed by atoms with van der Waals surface area (Å²) in [4.78, 5) is 13.4. The van der Waals surface area contributed by atoms with Gasteiger partial charge in [0, 0.05) is 29.7 Å². The molecule has 0 aromatic carbocycles. The average Bonchev–Trinajstić information content (AvgIpc) is 2.81. The summed E-state index contributed by atoms with van der Waals surface area (Å²) in [5.74, 6) is 0. The minimum absolute atomic E-state index is 0.209. The molecule has 1 aromatic rings. The molecule has 1 saturated heterocycles. The van der Waals surface area contributed by atoms with Crippen LogP contribution in [0.2, 0.25) is 0 Å². The van der Waals surface area contributed by atoms with Crippen LogP contribution in [0.5, 0.6) is 0 Å². The summed E-state index contributed by atoms with van der Waals surface area (Å²) in [6.07, 6.45) is 4.28. The van der Waals surface area contributed by atoms with E-state index in [1.165, 1.54) is 17.0 Å². The molecule has 1 aliphatic rings. The van der Waals surface area contributed by atoms with Gasteiger partial charge in [0.25, 0.3) is 0 Å². The number of nitrogens with zero attached hydrogens (tertiary/aromatic N) is 2. The molecule has 1 fully saturated rings. The molecule has 16 heavy (non-hydrogen) atoms. The molecule has 1 atom stereocenters. The van der Waals surface area contributed by atoms with E-state index < -0.39 is 0 Å². The van der Waals surface area contributed by atoms with Crippen molar-refractivity contribution < 1.29 is 4.92 Å².